The van der Waals surface area contributed by atoms with Crippen LogP contribution in [0, 0.1) is 0 Å². The summed E-state index contributed by atoms with van der Waals surface area (Å²) in [6, 6.07) is 4.50. The number of ether oxygens (including phenoxy) is 2. The molecule has 7 heteroatoms. The Morgan fingerprint density at radius 2 is 1.85 bits per heavy atom. The zero-order chi connectivity index (χ0) is 15.3. The molecule has 0 unspecified atom stereocenters. The van der Waals surface area contributed by atoms with Crippen LogP contribution in [-0.4, -0.2) is 43.3 Å². The van der Waals surface area contributed by atoms with E-state index in [1.807, 2.05) is 0 Å². The second-order valence-electron chi connectivity index (χ2n) is 4.01. The number of thioether (sulfide) groups is 1. The number of hydrogen-bond acceptors (Lipinski definition) is 6. The van der Waals surface area contributed by atoms with Gasteiger partial charge in [-0.15, -0.1) is 0 Å². The molecule has 0 spiro atoms. The van der Waals surface area contributed by atoms with E-state index in [2.05, 4.69) is 4.74 Å². The molecule has 1 aromatic carbocycles. The van der Waals surface area contributed by atoms with Crippen molar-refractivity contribution in [1.29, 1.82) is 0 Å². The van der Waals surface area contributed by atoms with Gasteiger partial charge in [-0.25, -0.2) is 4.79 Å². The fraction of sp³-hybridized carbons (Fsp3) is 0.308. The quantitative estimate of drug-likeness (QED) is 0.483. The highest BCUT2D eigenvalue weighted by Crippen LogP contribution is 2.28. The molecule has 0 saturated heterocycles. The van der Waals surface area contributed by atoms with E-state index < -0.39 is 11.9 Å². The summed E-state index contributed by atoms with van der Waals surface area (Å²) in [6.45, 7) is 1.23. The average molecular weight is 297 g/mol. The predicted molar refractivity (Wildman–Crippen MR) is 74.0 cm³/mol. The lowest BCUT2D eigenvalue weighted by molar-refractivity contribution is -0.131. The van der Waals surface area contributed by atoms with Gasteiger partial charge in [0, 0.05) is 25.9 Å². The lowest BCUT2D eigenvalue weighted by Gasteiger charge is -2.11. The van der Waals surface area contributed by atoms with Gasteiger partial charge in [0.2, 0.25) is 0 Å². The number of methoxy groups -OCH3 is 1. The van der Waals surface area contributed by atoms with E-state index in [1.165, 1.54) is 31.1 Å². The Morgan fingerprint density at radius 1 is 1.20 bits per heavy atom. The summed E-state index contributed by atoms with van der Waals surface area (Å²) in [4.78, 5) is 36.2. The molecule has 0 heterocycles. The molecule has 1 aromatic rings. The maximum atomic E-state index is 11.6. The lowest BCUT2D eigenvalue weighted by Crippen LogP contribution is -2.16. The Bertz CT molecular complexity index is 542. The number of hydrogen-bond donors (Lipinski definition) is 0. The van der Waals surface area contributed by atoms with E-state index >= 15 is 0 Å². The van der Waals surface area contributed by atoms with Crippen molar-refractivity contribution in [2.24, 2.45) is 0 Å². The summed E-state index contributed by atoms with van der Waals surface area (Å²) in [6.07, 6.45) is 0. The van der Waals surface area contributed by atoms with Crippen molar-refractivity contribution in [2.45, 2.75) is 11.8 Å². The number of carbonyl (C=O) groups is 3. The van der Waals surface area contributed by atoms with E-state index in [0.717, 1.165) is 11.8 Å². The zero-order valence-corrected chi connectivity index (χ0v) is 12.4. The normalized spacial score (nSPS) is 9.80. The Hall–Kier alpha value is -2.02. The smallest absolute Gasteiger partial charge is 0.341 e. The van der Waals surface area contributed by atoms with Gasteiger partial charge >= 0.3 is 11.9 Å². The molecule has 0 aliphatic heterocycles. The van der Waals surface area contributed by atoms with E-state index in [1.54, 1.807) is 20.2 Å². The molecule has 0 atom stereocenters. The number of nitrogens with zero attached hydrogens (tertiary/aromatic N) is 1. The summed E-state index contributed by atoms with van der Waals surface area (Å²) in [5, 5.41) is -0.176. The van der Waals surface area contributed by atoms with Gasteiger partial charge in [0.15, 0.2) is 0 Å². The van der Waals surface area contributed by atoms with Crippen LogP contribution in [0.4, 0.5) is 4.79 Å². The molecular weight excluding hydrogens is 282 g/mol. The Morgan fingerprint density at radius 3 is 2.35 bits per heavy atom. The molecule has 0 fully saturated rings. The number of amides is 1. The number of esters is 2. The number of benzene rings is 1. The summed E-state index contributed by atoms with van der Waals surface area (Å²) >= 11 is 0.965. The number of carbonyl (C=O) groups excluding carboxylic acids is 3. The van der Waals surface area contributed by atoms with E-state index in [0.29, 0.717) is 4.90 Å². The fourth-order valence-corrected chi connectivity index (χ4v) is 1.96. The summed E-state index contributed by atoms with van der Waals surface area (Å²) < 4.78 is 9.58. The molecule has 0 aliphatic carbocycles. The third kappa shape index (κ3) is 4.27. The molecule has 0 saturated carbocycles. The highest BCUT2D eigenvalue weighted by atomic mass is 32.2. The third-order valence-electron chi connectivity index (χ3n) is 2.18. The minimum Gasteiger partial charge on any atom is -0.465 e. The molecule has 0 radical (unpaired) electrons. The van der Waals surface area contributed by atoms with Gasteiger partial charge in [0.25, 0.3) is 5.24 Å². The first-order valence-corrected chi connectivity index (χ1v) is 6.46. The van der Waals surface area contributed by atoms with Crippen molar-refractivity contribution in [3.63, 3.8) is 0 Å². The number of rotatable bonds is 3. The van der Waals surface area contributed by atoms with E-state index in [9.17, 15) is 14.4 Å². The monoisotopic (exact) mass is 297 g/mol. The van der Waals surface area contributed by atoms with Crippen LogP contribution in [-0.2, 0) is 9.53 Å². The Balaban J connectivity index is 3.10. The van der Waals surface area contributed by atoms with Gasteiger partial charge in [0.1, 0.15) is 11.3 Å². The SMILES string of the molecule is COC(=O)c1ccc(SC(=O)N(C)C)cc1OC(C)=O. The summed E-state index contributed by atoms with van der Waals surface area (Å²) in [5.74, 6) is -1.10. The van der Waals surface area contributed by atoms with Crippen LogP contribution in [0.5, 0.6) is 5.75 Å². The van der Waals surface area contributed by atoms with Crippen molar-refractivity contribution in [1.82, 2.24) is 4.90 Å². The highest BCUT2D eigenvalue weighted by molar-refractivity contribution is 8.13. The van der Waals surface area contributed by atoms with Crippen LogP contribution in [0.2, 0.25) is 0 Å². The molecule has 0 bridgehead atoms. The van der Waals surface area contributed by atoms with Crippen LogP contribution in [0.15, 0.2) is 23.1 Å². The predicted octanol–water partition coefficient (Wildman–Crippen LogP) is 2.17. The molecule has 0 N–H and O–H groups in total. The first kappa shape index (κ1) is 16.0. The molecule has 1 rings (SSSR count). The van der Waals surface area contributed by atoms with Gasteiger partial charge in [-0.2, -0.15) is 0 Å². The van der Waals surface area contributed by atoms with Gasteiger partial charge in [-0.1, -0.05) is 0 Å². The van der Waals surface area contributed by atoms with Crippen molar-refractivity contribution in [3.05, 3.63) is 23.8 Å². The van der Waals surface area contributed by atoms with Gasteiger partial charge < -0.3 is 14.4 Å². The molecule has 20 heavy (non-hydrogen) atoms. The first-order chi connectivity index (χ1) is 9.35. The molecular formula is C13H15NO5S. The minimum absolute atomic E-state index is 0.0703. The fourth-order valence-electron chi connectivity index (χ4n) is 1.28. The van der Waals surface area contributed by atoms with Gasteiger partial charge in [-0.05, 0) is 30.0 Å². The second kappa shape index (κ2) is 6.95. The van der Waals surface area contributed by atoms with Crippen molar-refractivity contribution < 1.29 is 23.9 Å². The highest BCUT2D eigenvalue weighted by Gasteiger charge is 2.17. The van der Waals surface area contributed by atoms with Gasteiger partial charge in [-0.3, -0.25) is 9.59 Å². The molecule has 0 aromatic heterocycles. The van der Waals surface area contributed by atoms with Crippen molar-refractivity contribution >= 4 is 28.9 Å². The minimum atomic E-state index is -0.614. The summed E-state index contributed by atoms with van der Waals surface area (Å²) in [7, 11) is 4.49. The molecule has 0 aliphatic rings. The van der Waals surface area contributed by atoms with E-state index in [4.69, 9.17) is 4.74 Å². The third-order valence-corrected chi connectivity index (χ3v) is 3.21. The first-order valence-electron chi connectivity index (χ1n) is 5.65. The van der Waals surface area contributed by atoms with Crippen molar-refractivity contribution in [3.8, 4) is 5.75 Å². The van der Waals surface area contributed by atoms with Crippen LogP contribution in [0.25, 0.3) is 0 Å². The zero-order valence-electron chi connectivity index (χ0n) is 11.6. The molecule has 108 valence electrons. The van der Waals surface area contributed by atoms with Crippen LogP contribution < -0.4 is 4.74 Å². The lowest BCUT2D eigenvalue weighted by atomic mass is 10.2. The standard InChI is InChI=1S/C13H15NO5S/c1-8(15)19-11-7-9(20-13(17)14(2)3)5-6-10(11)12(16)18-4/h5-7H,1-4H3. The Labute approximate surface area is 121 Å². The maximum absolute atomic E-state index is 11.6. The summed E-state index contributed by atoms with van der Waals surface area (Å²) in [5.41, 5.74) is 0.129. The average Bonchev–Trinajstić information content (AvgIpc) is 2.37. The second-order valence-corrected chi connectivity index (χ2v) is 5.03. The topological polar surface area (TPSA) is 72.9 Å². The van der Waals surface area contributed by atoms with Crippen LogP contribution in [0.3, 0.4) is 0 Å². The van der Waals surface area contributed by atoms with E-state index in [-0.39, 0.29) is 16.6 Å². The van der Waals surface area contributed by atoms with Crippen molar-refractivity contribution in [2.75, 3.05) is 21.2 Å². The molecule has 6 nitrogen and oxygen atoms in total. The largest absolute Gasteiger partial charge is 0.465 e. The van der Waals surface area contributed by atoms with Gasteiger partial charge in [0.05, 0.1) is 7.11 Å². The molecule has 1 amide bonds. The Kier molecular flexibility index (Phi) is 5.57. The van der Waals surface area contributed by atoms with Crippen LogP contribution >= 0.6 is 11.8 Å². The maximum Gasteiger partial charge on any atom is 0.341 e. The van der Waals surface area contributed by atoms with Crippen LogP contribution in [0.1, 0.15) is 17.3 Å².